The fraction of sp³-hybridized carbons (Fsp3) is 0.381. The Morgan fingerprint density at radius 3 is 2.44 bits per heavy atom. The van der Waals surface area contributed by atoms with Crippen LogP contribution in [0, 0.1) is 10.1 Å². The van der Waals surface area contributed by atoms with Crippen LogP contribution >= 0.6 is 0 Å². The Bertz CT molecular complexity index is 1020. The Labute approximate surface area is 182 Å². The lowest BCUT2D eigenvalue weighted by Crippen LogP contribution is -2.22. The summed E-state index contributed by atoms with van der Waals surface area (Å²) in [5.74, 6) is -0.765. The summed E-state index contributed by atoms with van der Waals surface area (Å²) < 4.78 is 50.3. The number of rotatable bonds is 7. The van der Waals surface area contributed by atoms with Gasteiger partial charge < -0.3 is 19.7 Å². The van der Waals surface area contributed by atoms with Gasteiger partial charge in [-0.3, -0.25) is 14.9 Å². The van der Waals surface area contributed by atoms with Crippen molar-refractivity contribution >= 4 is 23.0 Å². The van der Waals surface area contributed by atoms with Crippen molar-refractivity contribution in [3.05, 3.63) is 51.6 Å². The van der Waals surface area contributed by atoms with Gasteiger partial charge in [-0.15, -0.1) is 0 Å². The van der Waals surface area contributed by atoms with Gasteiger partial charge >= 0.3 is 6.18 Å². The van der Waals surface area contributed by atoms with Gasteiger partial charge in [0.1, 0.15) is 5.56 Å². The Balaban J connectivity index is 2.04. The lowest BCUT2D eigenvalue weighted by atomic mass is 10.1. The molecule has 172 valence electrons. The molecule has 2 aromatic rings. The number of nitrogens with one attached hydrogen (secondary N) is 1. The lowest BCUT2D eigenvalue weighted by molar-refractivity contribution is -0.385. The molecule has 0 aromatic heterocycles. The zero-order chi connectivity index (χ0) is 23.5. The molecule has 11 heteroatoms. The van der Waals surface area contributed by atoms with Crippen LogP contribution in [0.5, 0.6) is 11.5 Å². The molecule has 1 N–H and O–H groups in total. The number of benzene rings is 2. The molecule has 0 unspecified atom stereocenters. The molecule has 1 heterocycles. The summed E-state index contributed by atoms with van der Waals surface area (Å²) >= 11 is 0. The Hall–Kier alpha value is -3.50. The fourth-order valence-corrected chi connectivity index (χ4v) is 3.55. The number of ether oxygens (including phenoxy) is 2. The zero-order valence-electron chi connectivity index (χ0n) is 17.5. The van der Waals surface area contributed by atoms with E-state index in [0.29, 0.717) is 18.8 Å². The van der Waals surface area contributed by atoms with E-state index in [1.54, 1.807) is 6.92 Å². The predicted molar refractivity (Wildman–Crippen MR) is 112 cm³/mol. The standard InChI is InChI=1S/C21H22F3N3O5/c1-3-32-19-12-17(27(29)30)14(11-18(19)31-2)20(28)25-15-10-13(21(22,23)24)6-7-16(15)26-8-4-5-9-26/h6-7,10-12H,3-5,8-9H2,1-2H3,(H,25,28). The van der Waals surface area contributed by atoms with Crippen LogP contribution in [0.25, 0.3) is 0 Å². The molecule has 0 saturated carbocycles. The van der Waals surface area contributed by atoms with Crippen LogP contribution in [-0.2, 0) is 6.18 Å². The fourth-order valence-electron chi connectivity index (χ4n) is 3.55. The van der Waals surface area contributed by atoms with E-state index in [1.165, 1.54) is 13.2 Å². The second-order valence-electron chi connectivity index (χ2n) is 7.09. The SMILES string of the molecule is CCOc1cc([N+](=O)[O-])c(C(=O)Nc2cc(C(F)(F)F)ccc2N2CCCC2)cc1OC. The molecule has 1 saturated heterocycles. The molecule has 0 spiro atoms. The number of nitro benzene ring substituents is 1. The van der Waals surface area contributed by atoms with Crippen LogP contribution in [0.4, 0.5) is 30.2 Å². The minimum Gasteiger partial charge on any atom is -0.493 e. The van der Waals surface area contributed by atoms with Crippen LogP contribution in [0.3, 0.4) is 0 Å². The van der Waals surface area contributed by atoms with Gasteiger partial charge in [0.15, 0.2) is 11.5 Å². The molecule has 3 rings (SSSR count). The molecule has 1 aliphatic heterocycles. The van der Waals surface area contributed by atoms with Gasteiger partial charge in [0.2, 0.25) is 0 Å². The average molecular weight is 453 g/mol. The first-order valence-electron chi connectivity index (χ1n) is 9.92. The number of anilines is 2. The second kappa shape index (κ2) is 9.33. The van der Waals surface area contributed by atoms with Crippen molar-refractivity contribution in [2.75, 3.05) is 37.0 Å². The van der Waals surface area contributed by atoms with Crippen molar-refractivity contribution in [1.82, 2.24) is 0 Å². The molecule has 32 heavy (non-hydrogen) atoms. The summed E-state index contributed by atoms with van der Waals surface area (Å²) in [4.78, 5) is 25.7. The third-order valence-electron chi connectivity index (χ3n) is 5.04. The van der Waals surface area contributed by atoms with E-state index in [1.807, 2.05) is 4.90 Å². The topological polar surface area (TPSA) is 93.9 Å². The number of amides is 1. The quantitative estimate of drug-likeness (QED) is 0.475. The Kier molecular flexibility index (Phi) is 6.75. The Morgan fingerprint density at radius 2 is 1.88 bits per heavy atom. The third kappa shape index (κ3) is 4.87. The molecule has 1 amide bonds. The minimum atomic E-state index is -4.61. The molecule has 0 bridgehead atoms. The van der Waals surface area contributed by atoms with Crippen LogP contribution in [0.2, 0.25) is 0 Å². The van der Waals surface area contributed by atoms with E-state index in [-0.39, 0.29) is 29.4 Å². The molecule has 0 atom stereocenters. The number of nitrogens with zero attached hydrogens (tertiary/aromatic N) is 2. The van der Waals surface area contributed by atoms with E-state index < -0.39 is 28.3 Å². The largest absolute Gasteiger partial charge is 0.493 e. The van der Waals surface area contributed by atoms with Gasteiger partial charge in [-0.2, -0.15) is 13.2 Å². The number of hydrogen-bond donors (Lipinski definition) is 1. The van der Waals surface area contributed by atoms with Crippen molar-refractivity contribution in [2.45, 2.75) is 25.9 Å². The zero-order valence-corrected chi connectivity index (χ0v) is 17.5. The number of alkyl halides is 3. The van der Waals surface area contributed by atoms with E-state index in [9.17, 15) is 28.1 Å². The van der Waals surface area contributed by atoms with Gasteiger partial charge in [-0.25, -0.2) is 0 Å². The number of nitro groups is 1. The van der Waals surface area contributed by atoms with Crippen molar-refractivity contribution < 1.29 is 32.4 Å². The van der Waals surface area contributed by atoms with Crippen molar-refractivity contribution in [2.24, 2.45) is 0 Å². The third-order valence-corrected chi connectivity index (χ3v) is 5.04. The van der Waals surface area contributed by atoms with Crippen molar-refractivity contribution in [3.63, 3.8) is 0 Å². The molecule has 8 nitrogen and oxygen atoms in total. The van der Waals surface area contributed by atoms with Crippen molar-refractivity contribution in [3.8, 4) is 11.5 Å². The normalized spacial score (nSPS) is 13.7. The van der Waals surface area contributed by atoms with Crippen LogP contribution in [-0.4, -0.2) is 37.6 Å². The maximum absolute atomic E-state index is 13.3. The molecular weight excluding hydrogens is 431 g/mol. The summed E-state index contributed by atoms with van der Waals surface area (Å²) in [5, 5.41) is 14.0. The van der Waals surface area contributed by atoms with Gasteiger partial charge in [0.05, 0.1) is 41.6 Å². The molecule has 2 aromatic carbocycles. The van der Waals surface area contributed by atoms with Gasteiger partial charge in [0, 0.05) is 19.2 Å². The maximum atomic E-state index is 13.3. The highest BCUT2D eigenvalue weighted by molar-refractivity contribution is 6.09. The first-order chi connectivity index (χ1) is 15.2. The van der Waals surface area contributed by atoms with Crippen LogP contribution in [0.1, 0.15) is 35.7 Å². The monoisotopic (exact) mass is 453 g/mol. The first kappa shape index (κ1) is 23.2. The van der Waals surface area contributed by atoms with E-state index >= 15 is 0 Å². The molecule has 0 radical (unpaired) electrons. The molecule has 0 aliphatic carbocycles. The second-order valence-corrected chi connectivity index (χ2v) is 7.09. The van der Waals surface area contributed by atoms with Crippen LogP contribution in [0.15, 0.2) is 30.3 Å². The summed E-state index contributed by atoms with van der Waals surface area (Å²) in [7, 11) is 1.31. The van der Waals surface area contributed by atoms with E-state index in [2.05, 4.69) is 5.32 Å². The maximum Gasteiger partial charge on any atom is 0.416 e. The number of methoxy groups -OCH3 is 1. The minimum absolute atomic E-state index is 0.0751. The predicted octanol–water partition coefficient (Wildman–Crippen LogP) is 4.87. The first-order valence-corrected chi connectivity index (χ1v) is 9.92. The van der Waals surface area contributed by atoms with E-state index in [4.69, 9.17) is 9.47 Å². The Morgan fingerprint density at radius 1 is 1.19 bits per heavy atom. The summed E-state index contributed by atoms with van der Waals surface area (Å²) in [6.45, 7) is 3.15. The van der Waals surface area contributed by atoms with E-state index in [0.717, 1.165) is 37.1 Å². The molecule has 1 fully saturated rings. The van der Waals surface area contributed by atoms with Gasteiger partial charge in [-0.05, 0) is 38.0 Å². The van der Waals surface area contributed by atoms with Crippen molar-refractivity contribution in [1.29, 1.82) is 0 Å². The number of carbonyl (C=O) groups is 1. The molecule has 1 aliphatic rings. The summed E-state index contributed by atoms with van der Waals surface area (Å²) in [6.07, 6.45) is -2.87. The summed E-state index contributed by atoms with van der Waals surface area (Å²) in [5.41, 5.74) is -1.51. The summed E-state index contributed by atoms with van der Waals surface area (Å²) in [6, 6.07) is 5.29. The highest BCUT2D eigenvalue weighted by atomic mass is 19.4. The van der Waals surface area contributed by atoms with Gasteiger partial charge in [-0.1, -0.05) is 0 Å². The number of hydrogen-bond acceptors (Lipinski definition) is 6. The van der Waals surface area contributed by atoms with Gasteiger partial charge in [0.25, 0.3) is 11.6 Å². The highest BCUT2D eigenvalue weighted by Crippen LogP contribution is 2.38. The lowest BCUT2D eigenvalue weighted by Gasteiger charge is -2.23. The molecular formula is C21H22F3N3O5. The highest BCUT2D eigenvalue weighted by Gasteiger charge is 2.32. The number of halogens is 3. The average Bonchev–Trinajstić information content (AvgIpc) is 3.27. The number of carbonyl (C=O) groups excluding carboxylic acids is 1. The smallest absolute Gasteiger partial charge is 0.416 e. The van der Waals surface area contributed by atoms with Crippen LogP contribution < -0.4 is 19.7 Å².